The molecule has 0 aromatic heterocycles. The molecule has 1 fully saturated rings. The highest BCUT2D eigenvalue weighted by Crippen LogP contribution is 2.43. The third-order valence-electron chi connectivity index (χ3n) is 3.21. The maximum absolute atomic E-state index is 11.7. The van der Waals surface area contributed by atoms with Gasteiger partial charge in [0, 0.05) is 0 Å². The van der Waals surface area contributed by atoms with Gasteiger partial charge in [0.25, 0.3) is 0 Å². The highest BCUT2D eigenvalue weighted by molar-refractivity contribution is 6.00. The third kappa shape index (κ3) is 1.21. The summed E-state index contributed by atoms with van der Waals surface area (Å²) in [6, 6.07) is -0.216. The average molecular weight is 223 g/mol. The van der Waals surface area contributed by atoms with Crippen LogP contribution in [-0.2, 0) is 9.59 Å². The molecule has 2 aliphatic rings. The van der Waals surface area contributed by atoms with Crippen LogP contribution < -0.4 is 0 Å². The SMILES string of the molecule is C=CC1=C(C(=O)O)N2C(=O)[C@H]([C@@H](C)O)[C@H]2C1. The van der Waals surface area contributed by atoms with Crippen LogP contribution in [0.4, 0.5) is 0 Å². The van der Waals surface area contributed by atoms with E-state index in [0.29, 0.717) is 12.0 Å². The van der Waals surface area contributed by atoms with Gasteiger partial charge in [-0.05, 0) is 18.9 Å². The molecule has 2 aliphatic heterocycles. The van der Waals surface area contributed by atoms with E-state index in [1.807, 2.05) is 0 Å². The van der Waals surface area contributed by atoms with Gasteiger partial charge < -0.3 is 15.1 Å². The van der Waals surface area contributed by atoms with Gasteiger partial charge in [-0.1, -0.05) is 12.7 Å². The van der Waals surface area contributed by atoms with Crippen molar-refractivity contribution in [2.45, 2.75) is 25.5 Å². The molecule has 5 heteroatoms. The van der Waals surface area contributed by atoms with Crippen molar-refractivity contribution in [3.05, 3.63) is 23.9 Å². The normalized spacial score (nSPS) is 29.9. The first-order valence-corrected chi connectivity index (χ1v) is 5.09. The largest absolute Gasteiger partial charge is 0.477 e. The summed E-state index contributed by atoms with van der Waals surface area (Å²) < 4.78 is 0. The molecule has 1 saturated heterocycles. The summed E-state index contributed by atoms with van der Waals surface area (Å²) in [5.41, 5.74) is 0.580. The number of carboxylic acid groups (broad SMARTS) is 1. The molecule has 16 heavy (non-hydrogen) atoms. The highest BCUT2D eigenvalue weighted by atomic mass is 16.4. The van der Waals surface area contributed by atoms with Gasteiger partial charge in [0.2, 0.25) is 5.91 Å². The molecule has 0 saturated carbocycles. The predicted octanol–water partition coefficient (Wildman–Crippen LogP) is 0.123. The Hall–Kier alpha value is -1.62. The van der Waals surface area contributed by atoms with E-state index in [1.165, 1.54) is 11.0 Å². The number of carboxylic acids is 1. The quantitative estimate of drug-likeness (QED) is 0.666. The Kier molecular flexibility index (Phi) is 2.35. The van der Waals surface area contributed by atoms with Crippen LogP contribution in [0.3, 0.4) is 0 Å². The van der Waals surface area contributed by atoms with Crippen molar-refractivity contribution in [1.29, 1.82) is 0 Å². The van der Waals surface area contributed by atoms with Gasteiger partial charge in [-0.2, -0.15) is 0 Å². The van der Waals surface area contributed by atoms with Crippen LogP contribution in [0.15, 0.2) is 23.9 Å². The van der Waals surface area contributed by atoms with Gasteiger partial charge in [0.1, 0.15) is 5.70 Å². The molecule has 3 atom stereocenters. The summed E-state index contributed by atoms with van der Waals surface area (Å²) in [7, 11) is 0. The number of β-lactam (4-membered cyclic amide) rings is 1. The molecule has 5 nitrogen and oxygen atoms in total. The summed E-state index contributed by atoms with van der Waals surface area (Å²) in [6.45, 7) is 5.09. The maximum Gasteiger partial charge on any atom is 0.352 e. The summed E-state index contributed by atoms with van der Waals surface area (Å²) in [5.74, 6) is -1.91. The van der Waals surface area contributed by atoms with Crippen molar-refractivity contribution in [2.75, 3.05) is 0 Å². The molecule has 2 heterocycles. The highest BCUT2D eigenvalue weighted by Gasteiger charge is 2.56. The lowest BCUT2D eigenvalue weighted by molar-refractivity contribution is -0.161. The predicted molar refractivity (Wildman–Crippen MR) is 55.3 cm³/mol. The number of fused-ring (bicyclic) bond motifs is 1. The van der Waals surface area contributed by atoms with Crippen LogP contribution in [0.1, 0.15) is 13.3 Å². The zero-order valence-electron chi connectivity index (χ0n) is 8.88. The van der Waals surface area contributed by atoms with Gasteiger partial charge in [-0.15, -0.1) is 0 Å². The molecule has 2 rings (SSSR count). The van der Waals surface area contributed by atoms with Crippen LogP contribution >= 0.6 is 0 Å². The Labute approximate surface area is 92.7 Å². The summed E-state index contributed by atoms with van der Waals surface area (Å²) in [5, 5.41) is 18.5. The van der Waals surface area contributed by atoms with Crippen molar-refractivity contribution in [2.24, 2.45) is 5.92 Å². The lowest BCUT2D eigenvalue weighted by Crippen LogP contribution is -2.61. The van der Waals surface area contributed by atoms with E-state index in [0.717, 1.165) is 0 Å². The van der Waals surface area contributed by atoms with Gasteiger partial charge in [0.05, 0.1) is 18.1 Å². The first-order chi connectivity index (χ1) is 7.49. The Morgan fingerprint density at radius 2 is 2.31 bits per heavy atom. The molecule has 0 unspecified atom stereocenters. The second-order valence-corrected chi connectivity index (χ2v) is 4.13. The molecule has 0 aliphatic carbocycles. The number of allylic oxidation sites excluding steroid dienone is 1. The standard InChI is InChI=1S/C11H13NO4/c1-3-6-4-7-8(5(2)13)10(14)12(7)9(6)11(15)16/h3,5,7-8,13H,1,4H2,2H3,(H,15,16)/t5-,7-,8-/m1/s1. The van der Waals surface area contributed by atoms with Crippen molar-refractivity contribution in [1.82, 2.24) is 4.90 Å². The number of aliphatic hydroxyl groups excluding tert-OH is 1. The number of carbonyl (C=O) groups excluding carboxylic acids is 1. The zero-order chi connectivity index (χ0) is 12.0. The molecule has 86 valence electrons. The van der Waals surface area contributed by atoms with E-state index in [-0.39, 0.29) is 17.6 Å². The molecule has 0 aromatic rings. The van der Waals surface area contributed by atoms with Crippen LogP contribution in [-0.4, -0.2) is 39.1 Å². The number of hydrogen-bond acceptors (Lipinski definition) is 3. The molecule has 1 amide bonds. The topological polar surface area (TPSA) is 77.8 Å². The summed E-state index contributed by atoms with van der Waals surface area (Å²) in [4.78, 5) is 24.0. The fourth-order valence-electron chi connectivity index (χ4n) is 2.49. The second-order valence-electron chi connectivity index (χ2n) is 4.13. The Morgan fingerprint density at radius 3 is 2.75 bits per heavy atom. The number of nitrogens with zero attached hydrogens (tertiary/aromatic N) is 1. The Balaban J connectivity index is 2.32. The monoisotopic (exact) mass is 223 g/mol. The van der Waals surface area contributed by atoms with Gasteiger partial charge in [0.15, 0.2) is 0 Å². The molecular weight excluding hydrogens is 210 g/mol. The fourth-order valence-corrected chi connectivity index (χ4v) is 2.49. The minimum Gasteiger partial charge on any atom is -0.477 e. The molecule has 0 aromatic carbocycles. The fraction of sp³-hybridized carbons (Fsp3) is 0.455. The van der Waals surface area contributed by atoms with Crippen molar-refractivity contribution < 1.29 is 19.8 Å². The molecule has 0 spiro atoms. The maximum atomic E-state index is 11.7. The number of aliphatic hydroxyl groups is 1. The minimum absolute atomic E-state index is 0.0156. The van der Waals surface area contributed by atoms with E-state index in [4.69, 9.17) is 5.11 Å². The van der Waals surface area contributed by atoms with E-state index in [2.05, 4.69) is 6.58 Å². The van der Waals surface area contributed by atoms with E-state index in [9.17, 15) is 14.7 Å². The number of amides is 1. The average Bonchev–Trinajstić information content (AvgIpc) is 2.51. The summed E-state index contributed by atoms with van der Waals surface area (Å²) >= 11 is 0. The molecule has 2 N–H and O–H groups in total. The van der Waals surface area contributed by atoms with E-state index < -0.39 is 18.0 Å². The Morgan fingerprint density at radius 1 is 1.69 bits per heavy atom. The van der Waals surface area contributed by atoms with Gasteiger partial charge >= 0.3 is 5.97 Å². The molecule has 0 bridgehead atoms. The van der Waals surface area contributed by atoms with Crippen LogP contribution in [0.5, 0.6) is 0 Å². The van der Waals surface area contributed by atoms with Crippen molar-refractivity contribution in [3.63, 3.8) is 0 Å². The van der Waals surface area contributed by atoms with Crippen molar-refractivity contribution >= 4 is 11.9 Å². The van der Waals surface area contributed by atoms with Gasteiger partial charge in [-0.3, -0.25) is 4.79 Å². The first kappa shape index (κ1) is 10.9. The van der Waals surface area contributed by atoms with Crippen LogP contribution in [0.25, 0.3) is 0 Å². The lowest BCUT2D eigenvalue weighted by Gasteiger charge is -2.44. The van der Waals surface area contributed by atoms with Crippen molar-refractivity contribution in [3.8, 4) is 0 Å². The third-order valence-corrected chi connectivity index (χ3v) is 3.21. The van der Waals surface area contributed by atoms with Crippen LogP contribution in [0.2, 0.25) is 0 Å². The Bertz CT molecular complexity index is 410. The smallest absolute Gasteiger partial charge is 0.352 e. The number of rotatable bonds is 3. The second kappa shape index (κ2) is 3.45. The molecule has 0 radical (unpaired) electrons. The zero-order valence-corrected chi connectivity index (χ0v) is 8.88. The number of aliphatic carboxylic acids is 1. The number of carbonyl (C=O) groups is 2. The molecular formula is C11H13NO4. The van der Waals surface area contributed by atoms with Gasteiger partial charge in [-0.25, -0.2) is 4.79 Å². The van der Waals surface area contributed by atoms with E-state index >= 15 is 0 Å². The number of hydrogen-bond donors (Lipinski definition) is 2. The summed E-state index contributed by atoms with van der Waals surface area (Å²) in [6.07, 6.45) is 1.19. The minimum atomic E-state index is -1.12. The van der Waals surface area contributed by atoms with Crippen LogP contribution in [0, 0.1) is 5.92 Å². The lowest BCUT2D eigenvalue weighted by atomic mass is 9.83. The first-order valence-electron chi connectivity index (χ1n) is 5.09. The van der Waals surface area contributed by atoms with E-state index in [1.54, 1.807) is 6.92 Å².